The molecule has 0 unspecified atom stereocenters. The highest BCUT2D eigenvalue weighted by atomic mass is 16.1. The third kappa shape index (κ3) is 2.90. The standard InChI is InChI=1S/C19H22N4O/c1-3-22(4-2)12-14-8-5-6-10-16(14)23-13-21-18-15(19(20)24)9-7-11-17(18)23/h5-11,13H,3-4,12H2,1-2H3,(H2,20,24). The average molecular weight is 322 g/mol. The van der Waals surface area contributed by atoms with Crippen molar-refractivity contribution in [2.45, 2.75) is 20.4 Å². The third-order valence-electron chi connectivity index (χ3n) is 4.38. The van der Waals surface area contributed by atoms with Crippen LogP contribution in [-0.4, -0.2) is 33.4 Å². The minimum Gasteiger partial charge on any atom is -0.366 e. The van der Waals surface area contributed by atoms with Crippen LogP contribution in [0.3, 0.4) is 0 Å². The maximum atomic E-state index is 11.6. The lowest BCUT2D eigenvalue weighted by atomic mass is 10.1. The van der Waals surface area contributed by atoms with Crippen molar-refractivity contribution in [2.24, 2.45) is 5.73 Å². The second-order valence-corrected chi connectivity index (χ2v) is 5.74. The molecule has 0 saturated carbocycles. The second kappa shape index (κ2) is 6.84. The lowest BCUT2D eigenvalue weighted by Gasteiger charge is -2.20. The van der Waals surface area contributed by atoms with E-state index in [2.05, 4.69) is 41.9 Å². The second-order valence-electron chi connectivity index (χ2n) is 5.74. The first-order valence-electron chi connectivity index (χ1n) is 8.22. The summed E-state index contributed by atoms with van der Waals surface area (Å²) < 4.78 is 2.03. The highest BCUT2D eigenvalue weighted by Gasteiger charge is 2.14. The fraction of sp³-hybridized carbons (Fsp3) is 0.263. The Bertz CT molecular complexity index is 865. The van der Waals surface area contributed by atoms with Gasteiger partial charge in [0.2, 0.25) is 0 Å². The monoisotopic (exact) mass is 322 g/mol. The molecule has 3 aromatic rings. The van der Waals surface area contributed by atoms with Crippen molar-refractivity contribution < 1.29 is 4.79 Å². The van der Waals surface area contributed by atoms with E-state index in [1.807, 2.05) is 22.8 Å². The molecule has 0 bridgehead atoms. The maximum absolute atomic E-state index is 11.6. The number of imidazole rings is 1. The van der Waals surface area contributed by atoms with Gasteiger partial charge in [-0.1, -0.05) is 38.1 Å². The molecule has 0 fully saturated rings. The Kier molecular flexibility index (Phi) is 4.62. The van der Waals surface area contributed by atoms with E-state index in [1.54, 1.807) is 12.4 Å². The van der Waals surface area contributed by atoms with Gasteiger partial charge in [0, 0.05) is 6.54 Å². The molecule has 2 aromatic carbocycles. The Morgan fingerprint density at radius 1 is 1.12 bits per heavy atom. The highest BCUT2D eigenvalue weighted by Crippen LogP contribution is 2.24. The van der Waals surface area contributed by atoms with E-state index in [4.69, 9.17) is 5.73 Å². The highest BCUT2D eigenvalue weighted by molar-refractivity contribution is 6.04. The lowest BCUT2D eigenvalue weighted by Crippen LogP contribution is -2.22. The number of rotatable bonds is 6. The molecule has 0 aliphatic heterocycles. The van der Waals surface area contributed by atoms with Crippen LogP contribution >= 0.6 is 0 Å². The Labute approximate surface area is 141 Å². The van der Waals surface area contributed by atoms with Crippen LogP contribution in [0.5, 0.6) is 0 Å². The van der Waals surface area contributed by atoms with Crippen molar-refractivity contribution in [3.05, 3.63) is 59.9 Å². The summed E-state index contributed by atoms with van der Waals surface area (Å²) in [4.78, 5) is 18.4. The van der Waals surface area contributed by atoms with Crippen molar-refractivity contribution in [1.29, 1.82) is 0 Å². The molecule has 1 amide bonds. The molecule has 2 N–H and O–H groups in total. The minimum absolute atomic E-state index is 0.451. The van der Waals surface area contributed by atoms with Crippen LogP contribution in [0.2, 0.25) is 0 Å². The molecule has 1 heterocycles. The van der Waals surface area contributed by atoms with Crippen molar-refractivity contribution in [3.63, 3.8) is 0 Å². The summed E-state index contributed by atoms with van der Waals surface area (Å²) in [5.41, 5.74) is 9.75. The molecule has 5 nitrogen and oxygen atoms in total. The van der Waals surface area contributed by atoms with Gasteiger partial charge in [0.15, 0.2) is 0 Å². The molecule has 5 heteroatoms. The SMILES string of the molecule is CCN(CC)Cc1ccccc1-n1cnc2c(C(N)=O)cccc21. The van der Waals surface area contributed by atoms with Gasteiger partial charge in [-0.2, -0.15) is 0 Å². The van der Waals surface area contributed by atoms with Gasteiger partial charge in [-0.25, -0.2) is 4.98 Å². The number of aromatic nitrogens is 2. The number of nitrogens with two attached hydrogens (primary N) is 1. The van der Waals surface area contributed by atoms with Crippen LogP contribution < -0.4 is 5.73 Å². The molecule has 1 aromatic heterocycles. The van der Waals surface area contributed by atoms with Gasteiger partial charge < -0.3 is 5.73 Å². The van der Waals surface area contributed by atoms with Gasteiger partial charge in [-0.15, -0.1) is 0 Å². The molecular formula is C19H22N4O. The number of benzene rings is 2. The van der Waals surface area contributed by atoms with Gasteiger partial charge in [-0.3, -0.25) is 14.3 Å². The minimum atomic E-state index is -0.456. The number of amides is 1. The van der Waals surface area contributed by atoms with Crippen LogP contribution in [0.25, 0.3) is 16.7 Å². The molecule has 124 valence electrons. The summed E-state index contributed by atoms with van der Waals surface area (Å²) >= 11 is 0. The van der Waals surface area contributed by atoms with E-state index in [9.17, 15) is 4.79 Å². The number of hydrogen-bond donors (Lipinski definition) is 1. The first kappa shape index (κ1) is 16.2. The number of carbonyl (C=O) groups excluding carboxylic acids is 1. The molecule has 0 atom stereocenters. The maximum Gasteiger partial charge on any atom is 0.250 e. The number of para-hydroxylation sites is 2. The number of carbonyl (C=O) groups is 1. The van der Waals surface area contributed by atoms with Gasteiger partial charge in [0.05, 0.1) is 16.8 Å². The smallest absolute Gasteiger partial charge is 0.250 e. The molecule has 0 aliphatic carbocycles. The molecule has 0 spiro atoms. The summed E-state index contributed by atoms with van der Waals surface area (Å²) in [6, 6.07) is 13.8. The summed E-state index contributed by atoms with van der Waals surface area (Å²) in [6.07, 6.45) is 1.76. The van der Waals surface area contributed by atoms with E-state index < -0.39 is 5.91 Å². The average Bonchev–Trinajstić information content (AvgIpc) is 3.03. The Morgan fingerprint density at radius 3 is 2.58 bits per heavy atom. The molecule has 3 rings (SSSR count). The van der Waals surface area contributed by atoms with Crippen LogP contribution in [0.1, 0.15) is 29.8 Å². The Balaban J connectivity index is 2.12. The van der Waals surface area contributed by atoms with Crippen LogP contribution in [0.15, 0.2) is 48.8 Å². The summed E-state index contributed by atoms with van der Waals surface area (Å²) in [5.74, 6) is -0.456. The Hall–Kier alpha value is -2.66. The predicted octanol–water partition coefficient (Wildman–Crippen LogP) is 2.97. The number of nitrogens with zero attached hydrogens (tertiary/aromatic N) is 3. The van der Waals surface area contributed by atoms with E-state index in [0.29, 0.717) is 11.1 Å². The first-order chi connectivity index (χ1) is 11.7. The van der Waals surface area contributed by atoms with Crippen LogP contribution in [-0.2, 0) is 6.54 Å². The van der Waals surface area contributed by atoms with Gasteiger partial charge >= 0.3 is 0 Å². The van der Waals surface area contributed by atoms with Gasteiger partial charge in [0.1, 0.15) is 11.8 Å². The van der Waals surface area contributed by atoms with Crippen LogP contribution in [0, 0.1) is 0 Å². The zero-order chi connectivity index (χ0) is 17.1. The number of fused-ring (bicyclic) bond motifs is 1. The molecule has 0 radical (unpaired) electrons. The van der Waals surface area contributed by atoms with Crippen molar-refractivity contribution in [1.82, 2.24) is 14.5 Å². The fourth-order valence-corrected chi connectivity index (χ4v) is 3.00. The summed E-state index contributed by atoms with van der Waals surface area (Å²) in [5, 5.41) is 0. The van der Waals surface area contributed by atoms with Gasteiger partial charge in [0.25, 0.3) is 5.91 Å². The van der Waals surface area contributed by atoms with Crippen molar-refractivity contribution >= 4 is 16.9 Å². The van der Waals surface area contributed by atoms with E-state index in [1.165, 1.54) is 5.56 Å². The fourth-order valence-electron chi connectivity index (χ4n) is 3.00. The van der Waals surface area contributed by atoms with E-state index >= 15 is 0 Å². The molecule has 0 saturated heterocycles. The molecular weight excluding hydrogens is 300 g/mol. The normalized spacial score (nSPS) is 11.3. The van der Waals surface area contributed by atoms with Crippen molar-refractivity contribution in [2.75, 3.05) is 13.1 Å². The van der Waals surface area contributed by atoms with Gasteiger partial charge in [-0.05, 0) is 36.9 Å². The van der Waals surface area contributed by atoms with E-state index in [-0.39, 0.29) is 0 Å². The summed E-state index contributed by atoms with van der Waals surface area (Å²) in [6.45, 7) is 7.21. The van der Waals surface area contributed by atoms with Crippen LogP contribution in [0.4, 0.5) is 0 Å². The largest absolute Gasteiger partial charge is 0.366 e. The quantitative estimate of drug-likeness (QED) is 0.759. The third-order valence-corrected chi connectivity index (χ3v) is 4.38. The Morgan fingerprint density at radius 2 is 1.88 bits per heavy atom. The lowest BCUT2D eigenvalue weighted by molar-refractivity contribution is 0.100. The number of primary amides is 1. The van der Waals surface area contributed by atoms with E-state index in [0.717, 1.165) is 30.8 Å². The zero-order valence-electron chi connectivity index (χ0n) is 14.1. The summed E-state index contributed by atoms with van der Waals surface area (Å²) in [7, 11) is 0. The molecule has 24 heavy (non-hydrogen) atoms. The first-order valence-corrected chi connectivity index (χ1v) is 8.22. The topological polar surface area (TPSA) is 64.2 Å². The van der Waals surface area contributed by atoms with Crippen molar-refractivity contribution in [3.8, 4) is 5.69 Å². The predicted molar refractivity (Wildman–Crippen MR) is 96.2 cm³/mol. The molecule has 0 aliphatic rings. The number of hydrogen-bond acceptors (Lipinski definition) is 3. The zero-order valence-corrected chi connectivity index (χ0v) is 14.1.